The molecule has 1 aromatic heterocycles. The van der Waals surface area contributed by atoms with Crippen molar-refractivity contribution >= 4 is 41.4 Å². The van der Waals surface area contributed by atoms with Gasteiger partial charge in [-0.1, -0.05) is 71.1 Å². The number of rotatable bonds is 14. The molecular formula is C69H107N7O16. The Hall–Kier alpha value is -5.50. The second-order valence-corrected chi connectivity index (χ2v) is 26.6. The highest BCUT2D eigenvalue weighted by atomic mass is 16.6. The van der Waals surface area contributed by atoms with E-state index in [-0.39, 0.29) is 49.5 Å². The first kappa shape index (κ1) is 73.9. The number of aliphatic hydroxyl groups excluding tert-OH is 1. The zero-order valence-electron chi connectivity index (χ0n) is 56.5. The Bertz CT molecular complexity index is 2750. The predicted octanol–water partition coefficient (Wildman–Crippen LogP) is 6.78. The van der Waals surface area contributed by atoms with Crippen LogP contribution < -0.4 is 10.6 Å². The molecule has 0 radical (unpaired) electrons. The lowest BCUT2D eigenvalue weighted by molar-refractivity contribution is -0.265. The number of hydrogen-bond acceptors (Lipinski definition) is 20. The molecule has 4 fully saturated rings. The fraction of sp³-hybridized carbons (Fsp3) is 0.739. The lowest BCUT2D eigenvalue weighted by Gasteiger charge is -2.43. The van der Waals surface area contributed by atoms with Crippen LogP contribution >= 0.6 is 0 Å². The molecule has 92 heavy (non-hydrogen) atoms. The summed E-state index contributed by atoms with van der Waals surface area (Å²) in [4.78, 5) is 101. The van der Waals surface area contributed by atoms with Crippen LogP contribution in [0.15, 0.2) is 53.8 Å². The van der Waals surface area contributed by atoms with Gasteiger partial charge in [-0.15, -0.1) is 0 Å². The van der Waals surface area contributed by atoms with Crippen molar-refractivity contribution in [3.8, 4) is 0 Å². The molecule has 3 saturated heterocycles. The molecule has 1 saturated carbocycles. The van der Waals surface area contributed by atoms with Gasteiger partial charge >= 0.3 is 12.1 Å². The van der Waals surface area contributed by atoms with Crippen molar-refractivity contribution in [3.63, 3.8) is 0 Å². The summed E-state index contributed by atoms with van der Waals surface area (Å²) in [5, 5.41) is 23.9. The zero-order valence-corrected chi connectivity index (χ0v) is 56.5. The number of carbonyl (C=O) groups excluding carboxylic acids is 6. The van der Waals surface area contributed by atoms with E-state index in [9.17, 15) is 39.0 Å². The highest BCUT2D eigenvalue weighted by Gasteiger charge is 2.53. The number of hydrogen-bond donors (Lipinski definition) is 3. The van der Waals surface area contributed by atoms with Crippen molar-refractivity contribution < 1.29 is 76.9 Å². The molecule has 16 atom stereocenters. The summed E-state index contributed by atoms with van der Waals surface area (Å²) in [7, 11) is 6.11. The lowest BCUT2D eigenvalue weighted by Crippen LogP contribution is -2.61. The van der Waals surface area contributed by atoms with E-state index in [1.807, 2.05) is 76.0 Å². The number of fused-ring (bicyclic) bond motifs is 4. The van der Waals surface area contributed by atoms with Gasteiger partial charge < -0.3 is 73.4 Å². The molecule has 5 aliphatic heterocycles. The van der Waals surface area contributed by atoms with Crippen molar-refractivity contribution in [2.24, 2.45) is 35.3 Å². The number of allylic oxidation sites excluding steroid dienone is 5. The molecule has 1 aliphatic carbocycles. The van der Waals surface area contributed by atoms with E-state index >= 15 is 0 Å². The minimum atomic E-state index is -2.47. The minimum absolute atomic E-state index is 0.00797. The third-order valence-electron chi connectivity index (χ3n) is 19.8. The van der Waals surface area contributed by atoms with E-state index in [0.29, 0.717) is 135 Å². The summed E-state index contributed by atoms with van der Waals surface area (Å²) in [6, 6.07) is -1.98. The second-order valence-electron chi connectivity index (χ2n) is 26.6. The van der Waals surface area contributed by atoms with Gasteiger partial charge in [0.1, 0.15) is 30.5 Å². The average molecular weight is 1290 g/mol. The molecule has 23 nitrogen and oxygen atoms in total. The first-order chi connectivity index (χ1) is 44.0. The largest absolute Gasteiger partial charge is 0.459 e. The molecule has 2 bridgehead atoms. The summed E-state index contributed by atoms with van der Waals surface area (Å²) < 4.78 is 48.2. The molecule has 0 spiro atoms. The topological polar surface area (TPSA) is 281 Å². The lowest BCUT2D eigenvalue weighted by atomic mass is 9.80. The molecule has 6 heterocycles. The summed E-state index contributed by atoms with van der Waals surface area (Å²) in [5.74, 6) is -6.63. The van der Waals surface area contributed by atoms with Gasteiger partial charge in [0.25, 0.3) is 11.7 Å². The maximum Gasteiger partial charge on any atom is 0.410 e. The average Bonchev–Trinajstić information content (AvgIpc) is 0.831. The van der Waals surface area contributed by atoms with Crippen LogP contribution in [0.25, 0.3) is 0 Å². The van der Waals surface area contributed by atoms with Crippen molar-refractivity contribution in [1.29, 1.82) is 0 Å². The van der Waals surface area contributed by atoms with Crippen LogP contribution in [0.1, 0.15) is 150 Å². The molecule has 1 aromatic rings. The standard InChI is InChI=1S/C69H107N7O16/c1-12-33-89-34-26-60(77)73-29-31-74(32-30-73)67-71-41-50-42-75(28-25-53(50)72-67)68(83)91-55-24-22-49(38-59(55)87-10)37-52(70)58-40-57(86-9)45(4)36-47(6)62(79)63(88-11)61(78)46(5)35-43(2)18-14-13-15-19-44(3)56(85-8)39-51-23-21-48(7)69(84,92-51)64(80)65(81)76-27-17-16-20-54(76)66(82)90-58/h13-15,18-19,36,41,43,45-46,48-49,51-52,54-59,62-63,79,84H,12,16-17,20-35,37-40,42,70H2,1-11H3/b15-13+,18-14+,44-19+,47-36+/t43-,45-,46-,48-,49+,51+,52-,54+,55-,56+,57-,58+,59-,62-,63+,69-/m1/s1. The van der Waals surface area contributed by atoms with Crippen molar-refractivity contribution in [3.05, 3.63) is 65.1 Å². The Balaban J connectivity index is 1.06. The van der Waals surface area contributed by atoms with E-state index in [1.165, 1.54) is 19.1 Å². The van der Waals surface area contributed by atoms with Gasteiger partial charge in [0.05, 0.1) is 49.7 Å². The van der Waals surface area contributed by atoms with Gasteiger partial charge in [-0.2, -0.15) is 0 Å². The van der Waals surface area contributed by atoms with Gasteiger partial charge in [0.15, 0.2) is 5.78 Å². The number of ether oxygens (including phenoxy) is 8. The highest BCUT2D eigenvalue weighted by molar-refractivity contribution is 6.39. The van der Waals surface area contributed by atoms with Crippen LogP contribution in [0.4, 0.5) is 10.7 Å². The van der Waals surface area contributed by atoms with Crippen molar-refractivity contribution in [2.75, 3.05) is 85.8 Å². The number of cyclic esters (lactones) is 1. The van der Waals surface area contributed by atoms with E-state index in [1.54, 1.807) is 39.2 Å². The Morgan fingerprint density at radius 3 is 2.26 bits per heavy atom. The van der Waals surface area contributed by atoms with Gasteiger partial charge in [0, 0.05) is 129 Å². The molecule has 7 rings (SSSR count). The number of piperazine rings is 1. The van der Waals surface area contributed by atoms with Crippen LogP contribution in [0.5, 0.6) is 0 Å². The Kier molecular flexibility index (Phi) is 28.4. The minimum Gasteiger partial charge on any atom is -0.459 e. The van der Waals surface area contributed by atoms with Gasteiger partial charge in [-0.3, -0.25) is 19.2 Å². The smallest absolute Gasteiger partial charge is 0.410 e. The molecule has 514 valence electrons. The number of nitrogens with zero attached hydrogens (tertiary/aromatic N) is 6. The first-order valence-corrected chi connectivity index (χ1v) is 33.7. The number of piperidine rings is 1. The SMILES string of the molecule is CCCOCCC(=O)N1CCN(c2ncc3c(n2)CCN(C(=O)O[C@@H]2CC[C@@H](C[C@@H](N)[C@@H]4C[C@@H](OC)[C@H](C)/C=C(\C)[C@@H](O)[C@@H](OC)C(=O)[C@H](C)C[C@H](C)/C=C/C=C/C=C(\C)[C@@H](OC)C[C@@H]5CC[C@@H](C)[C@@](O)(O5)C(=O)C(=O)N5CCCC[C@H]5C(=O)O4)C[C@H]2OC)C3)CC1. The molecule has 3 amide bonds. The normalized spacial score (nSPS) is 34.5. The number of methoxy groups -OCH3 is 4. The van der Waals surface area contributed by atoms with Crippen LogP contribution in [0.3, 0.4) is 0 Å². The summed E-state index contributed by atoms with van der Waals surface area (Å²) >= 11 is 0. The number of Topliss-reactive ketones (excluding diaryl/α,β-unsaturated/α-hetero) is 2. The van der Waals surface area contributed by atoms with E-state index in [2.05, 4.69) is 9.88 Å². The number of aromatic nitrogens is 2. The van der Waals surface area contributed by atoms with Crippen molar-refractivity contribution in [2.45, 2.75) is 218 Å². The molecular weight excluding hydrogens is 1180 g/mol. The predicted molar refractivity (Wildman–Crippen MR) is 345 cm³/mol. The number of amides is 3. The number of ketones is 2. The van der Waals surface area contributed by atoms with Crippen LogP contribution in [0, 0.1) is 29.6 Å². The van der Waals surface area contributed by atoms with Crippen LogP contribution in [-0.2, 0) is 74.8 Å². The highest BCUT2D eigenvalue weighted by Crippen LogP contribution is 2.38. The molecule has 4 N–H and O–H groups in total. The molecule has 0 unspecified atom stereocenters. The quantitative estimate of drug-likeness (QED) is 0.0749. The maximum atomic E-state index is 14.9. The Morgan fingerprint density at radius 2 is 1.55 bits per heavy atom. The second kappa shape index (κ2) is 35.3. The monoisotopic (exact) mass is 1290 g/mol. The third kappa shape index (κ3) is 19.3. The van der Waals surface area contributed by atoms with Crippen molar-refractivity contribution in [1.82, 2.24) is 24.7 Å². The maximum absolute atomic E-state index is 14.9. The number of carbonyl (C=O) groups is 6. The molecule has 23 heteroatoms. The molecule has 0 aromatic carbocycles. The first-order valence-electron chi connectivity index (χ1n) is 33.7. The fourth-order valence-electron chi connectivity index (χ4n) is 14.0. The Labute approximate surface area is 545 Å². The van der Waals surface area contributed by atoms with E-state index in [0.717, 1.165) is 23.3 Å². The number of nitrogens with two attached hydrogens (primary N) is 1. The summed E-state index contributed by atoms with van der Waals surface area (Å²) in [6.45, 7) is 17.3. The number of aliphatic hydroxyl groups is 2. The summed E-state index contributed by atoms with van der Waals surface area (Å²) in [5.41, 5.74) is 10.3. The number of anilines is 1. The third-order valence-corrected chi connectivity index (χ3v) is 19.8. The zero-order chi connectivity index (χ0) is 66.8. The van der Waals surface area contributed by atoms with E-state index < -0.39 is 108 Å². The fourth-order valence-corrected chi connectivity index (χ4v) is 14.0. The van der Waals surface area contributed by atoms with Gasteiger partial charge in [-0.25, -0.2) is 19.6 Å². The Morgan fingerprint density at radius 1 is 0.804 bits per heavy atom. The molecule has 6 aliphatic rings. The number of esters is 1. The van der Waals surface area contributed by atoms with E-state index in [4.69, 9.17) is 48.6 Å². The van der Waals surface area contributed by atoms with Crippen LogP contribution in [-0.4, -0.2) is 218 Å². The van der Waals surface area contributed by atoms with Gasteiger partial charge in [0.2, 0.25) is 17.6 Å². The van der Waals surface area contributed by atoms with Gasteiger partial charge in [-0.05, 0) is 107 Å². The van der Waals surface area contributed by atoms with Crippen LogP contribution in [0.2, 0.25) is 0 Å². The summed E-state index contributed by atoms with van der Waals surface area (Å²) in [6.07, 6.45) is 13.3.